The minimum Gasteiger partial charge on any atom is -0.379 e. The molecule has 1 aliphatic carbocycles. The lowest BCUT2D eigenvalue weighted by molar-refractivity contribution is 0.0138. The average molecular weight is 405 g/mol. The Balaban J connectivity index is 1.80. The van der Waals surface area contributed by atoms with Gasteiger partial charge >= 0.3 is 13.9 Å². The van der Waals surface area contributed by atoms with Gasteiger partial charge in [0, 0.05) is 25.9 Å². The van der Waals surface area contributed by atoms with Crippen molar-refractivity contribution in [2.45, 2.75) is 51.2 Å². The predicted octanol–water partition coefficient (Wildman–Crippen LogP) is 1.87. The molecule has 0 saturated heterocycles. The van der Waals surface area contributed by atoms with Crippen molar-refractivity contribution in [1.82, 2.24) is 9.55 Å². The van der Waals surface area contributed by atoms with E-state index < -0.39 is 19.4 Å². The fraction of sp³-hybridized carbons (Fsp3) is 0.765. The van der Waals surface area contributed by atoms with E-state index in [4.69, 9.17) is 18.3 Å². The number of hydrogen-bond donors (Lipinski definition) is 2. The van der Waals surface area contributed by atoms with Gasteiger partial charge in [0.2, 0.25) is 0 Å². The van der Waals surface area contributed by atoms with Gasteiger partial charge in [-0.05, 0) is 25.2 Å². The first-order valence-electron chi connectivity index (χ1n) is 9.25. The zero-order valence-corrected chi connectivity index (χ0v) is 16.9. The number of hydrogen-bond acceptors (Lipinski definition) is 7. The quantitative estimate of drug-likeness (QED) is 0.541. The van der Waals surface area contributed by atoms with Gasteiger partial charge in [0.05, 0.1) is 13.2 Å². The van der Waals surface area contributed by atoms with Crippen LogP contribution in [-0.2, 0) is 24.9 Å². The van der Waals surface area contributed by atoms with Crippen LogP contribution in [0.4, 0.5) is 0 Å². The highest BCUT2D eigenvalue weighted by Gasteiger charge is 2.44. The lowest BCUT2D eigenvalue weighted by atomic mass is 9.90. The van der Waals surface area contributed by atoms with E-state index in [9.17, 15) is 14.5 Å². The van der Waals surface area contributed by atoms with Gasteiger partial charge in [0.15, 0.2) is 0 Å². The fourth-order valence-corrected chi connectivity index (χ4v) is 4.09. The molecule has 0 spiro atoms. The van der Waals surface area contributed by atoms with Crippen LogP contribution in [-0.4, -0.2) is 48.0 Å². The van der Waals surface area contributed by atoms with Crippen molar-refractivity contribution < 1.29 is 23.2 Å². The van der Waals surface area contributed by atoms with Crippen LogP contribution in [0.2, 0.25) is 0 Å². The van der Waals surface area contributed by atoms with Crippen LogP contribution in [0.25, 0.3) is 0 Å². The molecule has 2 N–H and O–H groups in total. The molecule has 27 heavy (non-hydrogen) atoms. The number of rotatable bonds is 11. The molecule has 9 nitrogen and oxygen atoms in total. The molecule has 0 amide bonds. The van der Waals surface area contributed by atoms with Gasteiger partial charge in [0.1, 0.15) is 13.2 Å². The molecule has 1 heterocycles. The number of aryl methyl sites for hydroxylation is 1. The zero-order chi connectivity index (χ0) is 19.7. The van der Waals surface area contributed by atoms with E-state index >= 15 is 0 Å². The molecule has 1 aromatic heterocycles. The third kappa shape index (κ3) is 7.44. The molecule has 2 rings (SSSR count). The Morgan fingerprint density at radius 3 is 2.63 bits per heavy atom. The van der Waals surface area contributed by atoms with E-state index in [1.807, 2.05) is 0 Å². The van der Waals surface area contributed by atoms with E-state index in [-0.39, 0.29) is 12.7 Å². The normalized spacial score (nSPS) is 18.9. The van der Waals surface area contributed by atoms with Crippen LogP contribution in [0.1, 0.15) is 38.5 Å². The van der Waals surface area contributed by atoms with Crippen LogP contribution in [0.15, 0.2) is 21.9 Å². The molecule has 0 aliphatic heterocycles. The summed E-state index contributed by atoms with van der Waals surface area (Å²) in [5.74, 6) is 0.425. The molecule has 0 bridgehead atoms. The van der Waals surface area contributed by atoms with Gasteiger partial charge in [-0.2, -0.15) is 18.5 Å². The summed E-state index contributed by atoms with van der Waals surface area (Å²) in [5.41, 5.74) is -0.914. The third-order valence-corrected chi connectivity index (χ3v) is 6.19. The maximum absolute atomic E-state index is 11.7. The number of aromatic amines is 1. The molecule has 2 unspecified atom stereocenters. The second-order valence-electron chi connectivity index (χ2n) is 6.70. The Hall–Kier alpha value is -1.09. The number of H-pyrrole nitrogens is 1. The van der Waals surface area contributed by atoms with Gasteiger partial charge < -0.3 is 9.30 Å². The first-order valence-corrected chi connectivity index (χ1v) is 10.7. The molecular formula is C17H30N2O7P+. The molecular weight excluding hydrogens is 375 g/mol. The van der Waals surface area contributed by atoms with E-state index in [0.717, 1.165) is 12.8 Å². The third-order valence-electron chi connectivity index (χ3n) is 4.77. The fourth-order valence-electron chi connectivity index (χ4n) is 3.05. The van der Waals surface area contributed by atoms with Gasteiger partial charge in [-0.3, -0.25) is 9.78 Å². The molecule has 1 aromatic rings. The van der Waals surface area contributed by atoms with Crippen LogP contribution < -0.4 is 11.2 Å². The number of aromatic nitrogens is 2. The molecule has 10 heteroatoms. The Bertz CT molecular complexity index is 674. The van der Waals surface area contributed by atoms with E-state index in [1.165, 1.54) is 50.3 Å². The van der Waals surface area contributed by atoms with Crippen LogP contribution in [0.3, 0.4) is 0 Å². The second kappa shape index (κ2) is 11.0. The Morgan fingerprint density at radius 2 is 2.00 bits per heavy atom. The molecule has 1 aliphatic rings. The average Bonchev–Trinajstić information content (AvgIpc) is 2.68. The van der Waals surface area contributed by atoms with E-state index in [2.05, 4.69) is 4.98 Å². The topological polar surface area (TPSA) is 112 Å². The largest absolute Gasteiger partial charge is 0.572 e. The minimum absolute atomic E-state index is 0.0669. The summed E-state index contributed by atoms with van der Waals surface area (Å²) in [6, 6.07) is 1.29. The highest BCUT2D eigenvalue weighted by atomic mass is 31.2. The summed E-state index contributed by atoms with van der Waals surface area (Å²) in [4.78, 5) is 35.4. The summed E-state index contributed by atoms with van der Waals surface area (Å²) in [6.45, 7) is 0.824. The number of ether oxygens (including phenoxy) is 1. The Kier molecular flexibility index (Phi) is 9.08. The standard InChI is InChI=1S/C17H29N2O7P/c1-23-15(8-10-19-11-9-16(20)18-17(19)21)13-26-27(22,24-2)25-12-14-6-4-3-5-7-14/h9,11,14-15,22H,3-8,10,12-13H2,1-2H3/p+1. The van der Waals surface area contributed by atoms with Gasteiger partial charge in [-0.1, -0.05) is 19.3 Å². The molecule has 0 radical (unpaired) electrons. The molecule has 0 aromatic carbocycles. The predicted molar refractivity (Wildman–Crippen MR) is 101 cm³/mol. The highest BCUT2D eigenvalue weighted by Crippen LogP contribution is 2.58. The molecule has 1 fully saturated rings. The SMILES string of the molecule is COC(CCn1ccc(=O)[nH]c1=O)CO[P+](O)(OC)OCC1CCCCC1. The van der Waals surface area contributed by atoms with Gasteiger partial charge in [-0.15, -0.1) is 0 Å². The summed E-state index contributed by atoms with van der Waals surface area (Å²) in [5, 5.41) is 0. The molecule has 2 atom stereocenters. The van der Waals surface area contributed by atoms with E-state index in [0.29, 0.717) is 25.5 Å². The zero-order valence-electron chi connectivity index (χ0n) is 16.0. The number of methoxy groups -OCH3 is 1. The number of nitrogens with one attached hydrogen (secondary N) is 1. The van der Waals surface area contributed by atoms with Crippen LogP contribution in [0, 0.1) is 5.92 Å². The van der Waals surface area contributed by atoms with Crippen molar-refractivity contribution in [1.29, 1.82) is 0 Å². The summed E-state index contributed by atoms with van der Waals surface area (Å²) < 4.78 is 22.9. The van der Waals surface area contributed by atoms with Crippen LogP contribution >= 0.6 is 8.17 Å². The van der Waals surface area contributed by atoms with E-state index in [1.54, 1.807) is 0 Å². The van der Waals surface area contributed by atoms with Crippen molar-refractivity contribution >= 4 is 8.17 Å². The lowest BCUT2D eigenvalue weighted by Crippen LogP contribution is -2.30. The first-order chi connectivity index (χ1) is 13.0. The summed E-state index contributed by atoms with van der Waals surface area (Å²) in [6.07, 6.45) is 7.34. The number of nitrogens with zero attached hydrogens (tertiary/aromatic N) is 1. The van der Waals surface area contributed by atoms with Crippen molar-refractivity contribution in [3.05, 3.63) is 33.1 Å². The maximum atomic E-state index is 11.7. The Labute approximate surface area is 159 Å². The van der Waals surface area contributed by atoms with Crippen molar-refractivity contribution in [2.24, 2.45) is 5.92 Å². The Morgan fingerprint density at radius 1 is 1.26 bits per heavy atom. The van der Waals surface area contributed by atoms with Crippen molar-refractivity contribution in [2.75, 3.05) is 27.4 Å². The van der Waals surface area contributed by atoms with Crippen molar-refractivity contribution in [3.63, 3.8) is 0 Å². The van der Waals surface area contributed by atoms with Crippen LogP contribution in [0.5, 0.6) is 0 Å². The summed E-state index contributed by atoms with van der Waals surface area (Å²) in [7, 11) is -0.510. The lowest BCUT2D eigenvalue weighted by Gasteiger charge is -2.22. The second-order valence-corrected chi connectivity index (χ2v) is 8.52. The van der Waals surface area contributed by atoms with Gasteiger partial charge in [0.25, 0.3) is 5.56 Å². The maximum Gasteiger partial charge on any atom is 0.572 e. The summed E-state index contributed by atoms with van der Waals surface area (Å²) >= 11 is 0. The smallest absolute Gasteiger partial charge is 0.379 e. The minimum atomic E-state index is -3.39. The highest BCUT2D eigenvalue weighted by molar-refractivity contribution is 7.55. The molecule has 154 valence electrons. The first kappa shape index (κ1) is 22.2. The van der Waals surface area contributed by atoms with Crippen molar-refractivity contribution in [3.8, 4) is 0 Å². The molecule has 1 saturated carbocycles. The monoisotopic (exact) mass is 405 g/mol. The van der Waals surface area contributed by atoms with Gasteiger partial charge in [-0.25, -0.2) is 4.79 Å².